The van der Waals surface area contributed by atoms with Crippen molar-refractivity contribution in [3.05, 3.63) is 39.8 Å². The van der Waals surface area contributed by atoms with E-state index in [0.717, 1.165) is 20.8 Å². The summed E-state index contributed by atoms with van der Waals surface area (Å²) in [4.78, 5) is 11.9. The fourth-order valence-corrected chi connectivity index (χ4v) is 3.00. The molecule has 3 rings (SSSR count). The van der Waals surface area contributed by atoms with Gasteiger partial charge >= 0.3 is 0 Å². The molecule has 6 heteroatoms. The number of aldehydes is 1. The molecule has 0 amide bonds. The maximum Gasteiger partial charge on any atom is 0.178 e. The van der Waals surface area contributed by atoms with Crippen LogP contribution in [-0.2, 0) is 0 Å². The monoisotopic (exact) mass is 307 g/mol. The van der Waals surface area contributed by atoms with Crippen LogP contribution in [0.3, 0.4) is 0 Å². The second-order valence-corrected chi connectivity index (χ2v) is 5.87. The van der Waals surface area contributed by atoms with E-state index in [1.54, 1.807) is 17.4 Å². The Kier molecular flexibility index (Phi) is 2.53. The molecule has 3 aromatic rings. The Morgan fingerprint density at radius 3 is 2.88 bits per heavy atom. The number of carbonyl (C=O) groups is 1. The van der Waals surface area contributed by atoms with Gasteiger partial charge in [0.15, 0.2) is 17.8 Å². The van der Waals surface area contributed by atoms with Crippen molar-refractivity contribution in [2.75, 3.05) is 0 Å². The minimum Gasteiger partial charge on any atom is -0.298 e. The summed E-state index contributed by atoms with van der Waals surface area (Å²) in [7, 11) is 0. The van der Waals surface area contributed by atoms with Gasteiger partial charge in [-0.3, -0.25) is 9.20 Å². The van der Waals surface area contributed by atoms with Crippen molar-refractivity contribution in [2.24, 2.45) is 0 Å². The lowest BCUT2D eigenvalue weighted by Crippen LogP contribution is -1.91. The van der Waals surface area contributed by atoms with Crippen LogP contribution in [0.15, 0.2) is 34.2 Å². The van der Waals surface area contributed by atoms with Gasteiger partial charge in [0, 0.05) is 6.20 Å². The van der Waals surface area contributed by atoms with E-state index >= 15 is 0 Å². The van der Waals surface area contributed by atoms with Gasteiger partial charge < -0.3 is 0 Å². The lowest BCUT2D eigenvalue weighted by Gasteiger charge is -1.97. The van der Waals surface area contributed by atoms with Gasteiger partial charge in [-0.2, -0.15) is 0 Å². The SMILES string of the molecule is O=Cc1cccn2c(-c3ccc(Br)s3)nnc12. The van der Waals surface area contributed by atoms with Crippen molar-refractivity contribution in [1.82, 2.24) is 14.6 Å². The van der Waals surface area contributed by atoms with Crippen molar-refractivity contribution < 1.29 is 4.79 Å². The highest BCUT2D eigenvalue weighted by atomic mass is 79.9. The standard InChI is InChI=1S/C11H6BrN3OS/c12-9-4-3-8(17-9)11-14-13-10-7(6-16)2-1-5-15(10)11/h1-6H. The van der Waals surface area contributed by atoms with Crippen molar-refractivity contribution in [3.63, 3.8) is 0 Å². The number of fused-ring (bicyclic) bond motifs is 1. The van der Waals surface area contributed by atoms with E-state index in [0.29, 0.717) is 11.2 Å². The molecule has 0 spiro atoms. The van der Waals surface area contributed by atoms with Crippen LogP contribution >= 0.6 is 27.3 Å². The first-order valence-electron chi connectivity index (χ1n) is 4.84. The largest absolute Gasteiger partial charge is 0.298 e. The molecule has 3 aromatic heterocycles. The molecule has 0 saturated heterocycles. The first kappa shape index (κ1) is 10.6. The van der Waals surface area contributed by atoms with Crippen molar-refractivity contribution >= 4 is 39.2 Å². The van der Waals surface area contributed by atoms with Crippen LogP contribution < -0.4 is 0 Å². The van der Waals surface area contributed by atoms with E-state index in [1.165, 1.54) is 0 Å². The number of carbonyl (C=O) groups excluding carboxylic acids is 1. The number of halogens is 1. The van der Waals surface area contributed by atoms with Crippen molar-refractivity contribution in [3.8, 4) is 10.7 Å². The van der Waals surface area contributed by atoms with E-state index in [4.69, 9.17) is 0 Å². The minimum atomic E-state index is 0.543. The second kappa shape index (κ2) is 4.05. The zero-order valence-corrected chi connectivity index (χ0v) is 10.9. The Morgan fingerprint density at radius 1 is 1.29 bits per heavy atom. The highest BCUT2D eigenvalue weighted by Gasteiger charge is 2.11. The van der Waals surface area contributed by atoms with Gasteiger partial charge in [-0.25, -0.2) is 0 Å². The van der Waals surface area contributed by atoms with E-state index in [2.05, 4.69) is 26.1 Å². The Bertz CT molecular complexity index is 704. The Balaban J connectivity index is 2.28. The van der Waals surface area contributed by atoms with Gasteiger partial charge in [0.1, 0.15) is 0 Å². The molecule has 3 heterocycles. The first-order valence-corrected chi connectivity index (χ1v) is 6.45. The lowest BCUT2D eigenvalue weighted by atomic mass is 10.3. The normalized spacial score (nSPS) is 10.9. The predicted octanol–water partition coefficient (Wildman–Crippen LogP) is 3.03. The summed E-state index contributed by atoms with van der Waals surface area (Å²) in [5, 5.41) is 8.18. The van der Waals surface area contributed by atoms with Gasteiger partial charge in [0.25, 0.3) is 0 Å². The molecule has 0 atom stereocenters. The molecular formula is C11H6BrN3OS. The molecular weight excluding hydrogens is 302 g/mol. The summed E-state index contributed by atoms with van der Waals surface area (Å²) < 4.78 is 2.86. The molecule has 0 aliphatic heterocycles. The number of thiophene rings is 1. The number of hydrogen-bond donors (Lipinski definition) is 0. The Hall–Kier alpha value is -1.53. The van der Waals surface area contributed by atoms with Crippen LogP contribution in [0.4, 0.5) is 0 Å². The average Bonchev–Trinajstić information content (AvgIpc) is 2.94. The highest BCUT2D eigenvalue weighted by Crippen LogP contribution is 2.30. The van der Waals surface area contributed by atoms with E-state index in [1.807, 2.05) is 28.8 Å². The third-order valence-corrected chi connectivity index (χ3v) is 4.01. The van der Waals surface area contributed by atoms with E-state index in [-0.39, 0.29) is 0 Å². The molecule has 17 heavy (non-hydrogen) atoms. The van der Waals surface area contributed by atoms with Gasteiger partial charge in [0.05, 0.1) is 14.2 Å². The van der Waals surface area contributed by atoms with Gasteiger partial charge in [-0.15, -0.1) is 21.5 Å². The third-order valence-electron chi connectivity index (χ3n) is 2.39. The van der Waals surface area contributed by atoms with Crippen molar-refractivity contribution in [2.45, 2.75) is 0 Å². The van der Waals surface area contributed by atoms with Gasteiger partial charge in [-0.1, -0.05) is 0 Å². The number of aromatic nitrogens is 3. The summed E-state index contributed by atoms with van der Waals surface area (Å²) in [6, 6.07) is 7.47. The molecule has 0 aromatic carbocycles. The molecule has 0 N–H and O–H groups in total. The van der Waals surface area contributed by atoms with Gasteiger partial charge in [-0.05, 0) is 40.2 Å². The van der Waals surface area contributed by atoms with Crippen LogP contribution in [0, 0.1) is 0 Å². The predicted molar refractivity (Wildman–Crippen MR) is 69.4 cm³/mol. The van der Waals surface area contributed by atoms with E-state index < -0.39 is 0 Å². The molecule has 0 saturated carbocycles. The number of nitrogens with zero attached hydrogens (tertiary/aromatic N) is 3. The minimum absolute atomic E-state index is 0.543. The zero-order valence-electron chi connectivity index (χ0n) is 8.50. The first-order chi connectivity index (χ1) is 8.29. The molecule has 0 unspecified atom stereocenters. The molecule has 0 aliphatic rings. The average molecular weight is 308 g/mol. The van der Waals surface area contributed by atoms with Crippen LogP contribution in [0.2, 0.25) is 0 Å². The van der Waals surface area contributed by atoms with E-state index in [9.17, 15) is 4.79 Å². The number of pyridine rings is 1. The summed E-state index contributed by atoms with van der Waals surface area (Å²) >= 11 is 4.99. The summed E-state index contributed by atoms with van der Waals surface area (Å²) in [6.07, 6.45) is 2.64. The van der Waals surface area contributed by atoms with Crippen molar-refractivity contribution in [1.29, 1.82) is 0 Å². The maximum atomic E-state index is 10.9. The van der Waals surface area contributed by atoms with Crippen LogP contribution in [0.25, 0.3) is 16.3 Å². The van der Waals surface area contributed by atoms with Crippen LogP contribution in [-0.4, -0.2) is 20.9 Å². The Morgan fingerprint density at radius 2 is 2.18 bits per heavy atom. The second-order valence-electron chi connectivity index (χ2n) is 3.40. The molecule has 84 valence electrons. The number of rotatable bonds is 2. The fraction of sp³-hybridized carbons (Fsp3) is 0. The summed E-state index contributed by atoms with van der Waals surface area (Å²) in [5.41, 5.74) is 1.13. The zero-order chi connectivity index (χ0) is 11.8. The Labute approximate surface area is 109 Å². The van der Waals surface area contributed by atoms with Gasteiger partial charge in [0.2, 0.25) is 0 Å². The fourth-order valence-electron chi connectivity index (χ4n) is 1.63. The summed E-state index contributed by atoms with van der Waals surface area (Å²) in [5.74, 6) is 0.749. The molecule has 4 nitrogen and oxygen atoms in total. The van der Waals surface area contributed by atoms with Crippen LogP contribution in [0.1, 0.15) is 10.4 Å². The molecule has 0 radical (unpaired) electrons. The molecule has 0 aliphatic carbocycles. The highest BCUT2D eigenvalue weighted by molar-refractivity contribution is 9.11. The smallest absolute Gasteiger partial charge is 0.178 e. The molecule has 0 fully saturated rings. The van der Waals surface area contributed by atoms with Crippen LogP contribution in [0.5, 0.6) is 0 Å². The summed E-state index contributed by atoms with van der Waals surface area (Å²) in [6.45, 7) is 0. The number of hydrogen-bond acceptors (Lipinski definition) is 4. The maximum absolute atomic E-state index is 10.9. The topological polar surface area (TPSA) is 47.3 Å². The quantitative estimate of drug-likeness (QED) is 0.684. The lowest BCUT2D eigenvalue weighted by molar-refractivity contribution is 0.112. The third kappa shape index (κ3) is 1.69. The molecule has 0 bridgehead atoms.